The number of ether oxygens (including phenoxy) is 1. The van der Waals surface area contributed by atoms with Gasteiger partial charge in [-0.3, -0.25) is 0 Å². The zero-order valence-corrected chi connectivity index (χ0v) is 11.1. The van der Waals surface area contributed by atoms with Crippen molar-refractivity contribution >= 4 is 0 Å². The van der Waals surface area contributed by atoms with Crippen LogP contribution in [-0.2, 0) is 0 Å². The molecule has 1 atom stereocenters. The molecule has 1 aromatic rings. The van der Waals surface area contributed by atoms with Crippen LogP contribution < -0.4 is 10.5 Å². The zero-order valence-electron chi connectivity index (χ0n) is 11.1. The van der Waals surface area contributed by atoms with Crippen molar-refractivity contribution in [1.82, 2.24) is 4.90 Å². The van der Waals surface area contributed by atoms with Gasteiger partial charge in [0.1, 0.15) is 5.75 Å². The van der Waals surface area contributed by atoms with Crippen LogP contribution in [0.2, 0.25) is 0 Å². The number of nitrogens with zero attached hydrogens (tertiary/aromatic N) is 1. The van der Waals surface area contributed by atoms with Crippen LogP contribution in [0.5, 0.6) is 5.75 Å². The van der Waals surface area contributed by atoms with Crippen molar-refractivity contribution in [2.45, 2.75) is 25.8 Å². The van der Waals surface area contributed by atoms with Crippen molar-refractivity contribution in [2.75, 3.05) is 27.2 Å². The molecular weight excluding hydrogens is 212 g/mol. The van der Waals surface area contributed by atoms with Crippen LogP contribution >= 0.6 is 0 Å². The number of methoxy groups -OCH3 is 1. The van der Waals surface area contributed by atoms with Crippen LogP contribution in [0.25, 0.3) is 0 Å². The lowest BCUT2D eigenvalue weighted by molar-refractivity contribution is 0.303. The molecule has 96 valence electrons. The fraction of sp³-hybridized carbons (Fsp3) is 0.571. The number of hydrogen-bond donors (Lipinski definition) is 1. The second kappa shape index (κ2) is 7.30. The first kappa shape index (κ1) is 14.0. The van der Waals surface area contributed by atoms with E-state index in [9.17, 15) is 0 Å². The van der Waals surface area contributed by atoms with E-state index in [0.29, 0.717) is 0 Å². The predicted octanol–water partition coefficient (Wildman–Crippen LogP) is 2.43. The summed E-state index contributed by atoms with van der Waals surface area (Å²) in [5.41, 5.74) is 7.30. The van der Waals surface area contributed by atoms with Gasteiger partial charge in [-0.2, -0.15) is 0 Å². The summed E-state index contributed by atoms with van der Waals surface area (Å²) < 4.78 is 5.33. The van der Waals surface area contributed by atoms with E-state index in [1.54, 1.807) is 7.11 Å². The molecule has 2 N–H and O–H groups in total. The Morgan fingerprint density at radius 2 is 2.06 bits per heavy atom. The Kier molecular flexibility index (Phi) is 6.01. The van der Waals surface area contributed by atoms with Gasteiger partial charge in [0.15, 0.2) is 0 Å². The van der Waals surface area contributed by atoms with Crippen molar-refractivity contribution in [3.63, 3.8) is 0 Å². The van der Waals surface area contributed by atoms with Gasteiger partial charge in [-0.15, -0.1) is 0 Å². The Morgan fingerprint density at radius 3 is 2.71 bits per heavy atom. The number of nitrogens with two attached hydrogens (primary N) is 1. The Hall–Kier alpha value is -1.06. The molecule has 17 heavy (non-hydrogen) atoms. The molecule has 0 aromatic heterocycles. The van der Waals surface area contributed by atoms with Crippen LogP contribution in [-0.4, -0.2) is 32.1 Å². The minimum atomic E-state index is 0.00741. The van der Waals surface area contributed by atoms with Crippen molar-refractivity contribution in [3.8, 4) is 5.75 Å². The number of likely N-dealkylation sites (N-methyl/N-ethyl adjacent to an activating group) is 1. The maximum Gasteiger partial charge on any atom is 0.123 e. The lowest BCUT2D eigenvalue weighted by Crippen LogP contribution is -2.30. The topological polar surface area (TPSA) is 38.5 Å². The Bertz CT molecular complexity index is 328. The van der Waals surface area contributed by atoms with Crippen LogP contribution in [0.4, 0.5) is 0 Å². The van der Waals surface area contributed by atoms with Crippen LogP contribution in [0.1, 0.15) is 31.4 Å². The molecule has 0 saturated heterocycles. The largest absolute Gasteiger partial charge is 0.496 e. The quantitative estimate of drug-likeness (QED) is 0.790. The fourth-order valence-corrected chi connectivity index (χ4v) is 1.93. The summed E-state index contributed by atoms with van der Waals surface area (Å²) in [6.45, 7) is 4.16. The highest BCUT2D eigenvalue weighted by Gasteiger charge is 2.13. The number of para-hydroxylation sites is 1. The van der Waals surface area contributed by atoms with E-state index in [1.165, 1.54) is 12.8 Å². The summed E-state index contributed by atoms with van der Waals surface area (Å²) in [5.74, 6) is 0.879. The van der Waals surface area contributed by atoms with Crippen molar-refractivity contribution in [1.29, 1.82) is 0 Å². The first-order valence-corrected chi connectivity index (χ1v) is 6.26. The summed E-state index contributed by atoms with van der Waals surface area (Å²) in [4.78, 5) is 2.28. The fourth-order valence-electron chi connectivity index (χ4n) is 1.93. The van der Waals surface area contributed by atoms with E-state index in [0.717, 1.165) is 24.4 Å². The number of unbranched alkanes of at least 4 members (excludes halogenated alkanes) is 1. The molecule has 0 amide bonds. The molecule has 3 heteroatoms. The highest BCUT2D eigenvalue weighted by molar-refractivity contribution is 5.35. The van der Waals surface area contributed by atoms with Gasteiger partial charge in [0.25, 0.3) is 0 Å². The summed E-state index contributed by atoms with van der Waals surface area (Å²) in [5, 5.41) is 0. The summed E-state index contributed by atoms with van der Waals surface area (Å²) in [6.07, 6.45) is 2.43. The van der Waals surface area contributed by atoms with Gasteiger partial charge < -0.3 is 15.4 Å². The van der Waals surface area contributed by atoms with E-state index >= 15 is 0 Å². The van der Waals surface area contributed by atoms with Crippen molar-refractivity contribution < 1.29 is 4.74 Å². The molecule has 3 nitrogen and oxygen atoms in total. The highest BCUT2D eigenvalue weighted by Crippen LogP contribution is 2.23. The first-order valence-electron chi connectivity index (χ1n) is 6.26. The van der Waals surface area contributed by atoms with Crippen LogP contribution in [0.3, 0.4) is 0 Å². The number of rotatable bonds is 7. The molecular formula is C14H24N2O. The lowest BCUT2D eigenvalue weighted by Gasteiger charge is -2.22. The third-order valence-electron chi connectivity index (χ3n) is 2.94. The third kappa shape index (κ3) is 4.36. The zero-order chi connectivity index (χ0) is 12.7. The molecule has 0 bridgehead atoms. The Labute approximate surface area is 105 Å². The van der Waals surface area contributed by atoms with E-state index in [4.69, 9.17) is 10.5 Å². The van der Waals surface area contributed by atoms with Gasteiger partial charge in [0.05, 0.1) is 7.11 Å². The second-order valence-electron chi connectivity index (χ2n) is 4.46. The molecule has 0 aliphatic carbocycles. The summed E-state index contributed by atoms with van der Waals surface area (Å²) >= 11 is 0. The first-order chi connectivity index (χ1) is 8.19. The van der Waals surface area contributed by atoms with Crippen molar-refractivity contribution in [3.05, 3.63) is 29.8 Å². The maximum atomic E-state index is 6.22. The van der Waals surface area contributed by atoms with Gasteiger partial charge in [0.2, 0.25) is 0 Å². The molecule has 1 unspecified atom stereocenters. The molecule has 0 spiro atoms. The Balaban J connectivity index is 2.59. The van der Waals surface area contributed by atoms with Gasteiger partial charge in [-0.05, 0) is 26.1 Å². The van der Waals surface area contributed by atoms with Crippen molar-refractivity contribution in [2.24, 2.45) is 5.73 Å². The van der Waals surface area contributed by atoms with E-state index in [-0.39, 0.29) is 6.04 Å². The monoisotopic (exact) mass is 236 g/mol. The number of hydrogen-bond acceptors (Lipinski definition) is 3. The Morgan fingerprint density at radius 1 is 1.35 bits per heavy atom. The van der Waals surface area contributed by atoms with E-state index in [2.05, 4.69) is 18.9 Å². The SMILES string of the molecule is CCCCN(C)CC(N)c1ccccc1OC. The van der Waals surface area contributed by atoms with Gasteiger partial charge in [0, 0.05) is 18.2 Å². The second-order valence-corrected chi connectivity index (χ2v) is 4.46. The van der Waals surface area contributed by atoms with Gasteiger partial charge in [-0.25, -0.2) is 0 Å². The average molecular weight is 236 g/mol. The third-order valence-corrected chi connectivity index (χ3v) is 2.94. The van der Waals surface area contributed by atoms with Gasteiger partial charge >= 0.3 is 0 Å². The van der Waals surface area contributed by atoms with Crippen LogP contribution in [0, 0.1) is 0 Å². The summed E-state index contributed by atoms with van der Waals surface area (Å²) in [7, 11) is 3.80. The summed E-state index contributed by atoms with van der Waals surface area (Å²) in [6, 6.07) is 7.98. The predicted molar refractivity (Wildman–Crippen MR) is 72.3 cm³/mol. The minimum absolute atomic E-state index is 0.00741. The highest BCUT2D eigenvalue weighted by atomic mass is 16.5. The maximum absolute atomic E-state index is 6.22. The number of benzene rings is 1. The molecule has 0 saturated carbocycles. The lowest BCUT2D eigenvalue weighted by atomic mass is 10.1. The molecule has 0 aliphatic rings. The molecule has 0 radical (unpaired) electrons. The molecule has 0 fully saturated rings. The molecule has 0 heterocycles. The normalized spacial score (nSPS) is 12.8. The minimum Gasteiger partial charge on any atom is -0.496 e. The van der Waals surface area contributed by atoms with E-state index < -0.39 is 0 Å². The van der Waals surface area contributed by atoms with Gasteiger partial charge in [-0.1, -0.05) is 31.5 Å². The molecule has 1 aromatic carbocycles. The van der Waals surface area contributed by atoms with Crippen LogP contribution in [0.15, 0.2) is 24.3 Å². The molecule has 1 rings (SSSR count). The average Bonchev–Trinajstić information content (AvgIpc) is 2.36. The smallest absolute Gasteiger partial charge is 0.123 e. The molecule has 0 aliphatic heterocycles. The van der Waals surface area contributed by atoms with E-state index in [1.807, 2.05) is 24.3 Å². The standard InChI is InChI=1S/C14H24N2O/c1-4-5-10-16(2)11-13(15)12-8-6-7-9-14(12)17-3/h6-9,13H,4-5,10-11,15H2,1-3H3.